The van der Waals surface area contributed by atoms with E-state index >= 15 is 0 Å². The van der Waals surface area contributed by atoms with Gasteiger partial charge in [0, 0.05) is 11.0 Å². The highest BCUT2D eigenvalue weighted by Gasteiger charge is 2.30. The fourth-order valence-electron chi connectivity index (χ4n) is 2.39. The minimum absolute atomic E-state index is 0.0286. The van der Waals surface area contributed by atoms with Crippen molar-refractivity contribution >= 4 is 21.8 Å². The minimum Gasteiger partial charge on any atom is -0.349 e. The van der Waals surface area contributed by atoms with Crippen molar-refractivity contribution in [2.75, 3.05) is 13.1 Å². The van der Waals surface area contributed by atoms with Gasteiger partial charge in [-0.3, -0.25) is 4.79 Å². The SMILES string of the molecule is C[C@@H]1CNC[C@H]1C(=O)N[C@H](C)c1ccccc1Br. The van der Waals surface area contributed by atoms with E-state index in [1.54, 1.807) is 0 Å². The molecule has 1 amide bonds. The van der Waals surface area contributed by atoms with Crippen molar-refractivity contribution < 1.29 is 4.79 Å². The van der Waals surface area contributed by atoms with E-state index in [2.05, 4.69) is 33.5 Å². The van der Waals surface area contributed by atoms with Crippen molar-refractivity contribution in [3.63, 3.8) is 0 Å². The summed E-state index contributed by atoms with van der Waals surface area (Å²) >= 11 is 3.52. The molecule has 1 aliphatic rings. The topological polar surface area (TPSA) is 41.1 Å². The number of amides is 1. The number of benzene rings is 1. The van der Waals surface area contributed by atoms with Crippen molar-refractivity contribution in [3.05, 3.63) is 34.3 Å². The summed E-state index contributed by atoms with van der Waals surface area (Å²) in [4.78, 5) is 12.2. The van der Waals surface area contributed by atoms with Crippen molar-refractivity contribution in [1.29, 1.82) is 0 Å². The molecule has 4 heteroatoms. The first kappa shape index (κ1) is 13.6. The maximum absolute atomic E-state index is 12.2. The van der Waals surface area contributed by atoms with E-state index in [9.17, 15) is 4.79 Å². The molecule has 98 valence electrons. The third-order valence-corrected chi connectivity index (χ3v) is 4.31. The first-order valence-electron chi connectivity index (χ1n) is 6.35. The number of halogens is 1. The molecule has 0 unspecified atom stereocenters. The van der Waals surface area contributed by atoms with Gasteiger partial charge in [0.25, 0.3) is 0 Å². The number of hydrogen-bond donors (Lipinski definition) is 2. The molecule has 0 saturated carbocycles. The Morgan fingerprint density at radius 2 is 2.17 bits per heavy atom. The summed E-state index contributed by atoms with van der Waals surface area (Å²) < 4.78 is 1.04. The Morgan fingerprint density at radius 1 is 1.44 bits per heavy atom. The predicted molar refractivity (Wildman–Crippen MR) is 76.2 cm³/mol. The van der Waals surface area contributed by atoms with Gasteiger partial charge in [0.05, 0.1) is 12.0 Å². The molecule has 0 aliphatic carbocycles. The van der Waals surface area contributed by atoms with Crippen LogP contribution in [0.25, 0.3) is 0 Å². The maximum Gasteiger partial charge on any atom is 0.225 e. The summed E-state index contributed by atoms with van der Waals surface area (Å²) in [7, 11) is 0. The van der Waals surface area contributed by atoms with E-state index in [0.717, 1.165) is 23.1 Å². The highest BCUT2D eigenvalue weighted by atomic mass is 79.9. The highest BCUT2D eigenvalue weighted by molar-refractivity contribution is 9.10. The lowest BCUT2D eigenvalue weighted by Gasteiger charge is -2.20. The van der Waals surface area contributed by atoms with Crippen molar-refractivity contribution in [2.45, 2.75) is 19.9 Å². The fourth-order valence-corrected chi connectivity index (χ4v) is 3.01. The van der Waals surface area contributed by atoms with Crippen LogP contribution in [0.4, 0.5) is 0 Å². The van der Waals surface area contributed by atoms with Crippen LogP contribution in [-0.2, 0) is 4.79 Å². The normalized spacial score (nSPS) is 24.8. The van der Waals surface area contributed by atoms with Gasteiger partial charge in [-0.25, -0.2) is 0 Å². The number of carbonyl (C=O) groups excluding carboxylic acids is 1. The minimum atomic E-state index is 0.0286. The molecule has 2 N–H and O–H groups in total. The van der Waals surface area contributed by atoms with Crippen LogP contribution < -0.4 is 10.6 Å². The molecule has 0 spiro atoms. The zero-order valence-electron chi connectivity index (χ0n) is 10.7. The molecule has 3 atom stereocenters. The van der Waals surface area contributed by atoms with E-state index in [1.165, 1.54) is 0 Å². The molecular formula is C14H19BrN2O. The van der Waals surface area contributed by atoms with Crippen molar-refractivity contribution in [2.24, 2.45) is 11.8 Å². The average molecular weight is 311 g/mol. The van der Waals surface area contributed by atoms with Gasteiger partial charge in [-0.15, -0.1) is 0 Å². The molecule has 2 rings (SSSR count). The quantitative estimate of drug-likeness (QED) is 0.900. The molecular weight excluding hydrogens is 292 g/mol. The number of rotatable bonds is 3. The second-order valence-corrected chi connectivity index (χ2v) is 5.85. The van der Waals surface area contributed by atoms with E-state index in [0.29, 0.717) is 5.92 Å². The van der Waals surface area contributed by atoms with Crippen LogP contribution >= 0.6 is 15.9 Å². The largest absolute Gasteiger partial charge is 0.349 e. The van der Waals surface area contributed by atoms with Crippen LogP contribution in [0.1, 0.15) is 25.5 Å². The molecule has 0 aromatic heterocycles. The maximum atomic E-state index is 12.2. The third kappa shape index (κ3) is 2.93. The summed E-state index contributed by atoms with van der Waals surface area (Å²) in [6, 6.07) is 8.03. The molecule has 1 heterocycles. The molecule has 1 aromatic carbocycles. The Hall–Kier alpha value is -0.870. The molecule has 1 aliphatic heterocycles. The summed E-state index contributed by atoms with van der Waals surface area (Å²) in [5.41, 5.74) is 1.12. The van der Waals surface area contributed by atoms with Gasteiger partial charge in [-0.05, 0) is 31.0 Å². The summed E-state index contributed by atoms with van der Waals surface area (Å²) in [6.45, 7) is 5.86. The molecule has 0 bridgehead atoms. The molecule has 1 aromatic rings. The molecule has 18 heavy (non-hydrogen) atoms. The second-order valence-electron chi connectivity index (χ2n) is 4.99. The van der Waals surface area contributed by atoms with Crippen LogP contribution in [0.3, 0.4) is 0 Å². The Balaban J connectivity index is 2.01. The molecule has 1 fully saturated rings. The van der Waals surface area contributed by atoms with Crippen LogP contribution in [-0.4, -0.2) is 19.0 Å². The van der Waals surface area contributed by atoms with Gasteiger partial charge < -0.3 is 10.6 Å². The van der Waals surface area contributed by atoms with E-state index in [1.807, 2.05) is 31.2 Å². The van der Waals surface area contributed by atoms with Crippen LogP contribution in [0, 0.1) is 11.8 Å². The first-order valence-corrected chi connectivity index (χ1v) is 7.14. The van der Waals surface area contributed by atoms with Crippen LogP contribution in [0.15, 0.2) is 28.7 Å². The van der Waals surface area contributed by atoms with Gasteiger partial charge in [-0.2, -0.15) is 0 Å². The highest BCUT2D eigenvalue weighted by Crippen LogP contribution is 2.24. The Morgan fingerprint density at radius 3 is 2.78 bits per heavy atom. The van der Waals surface area contributed by atoms with Crippen LogP contribution in [0.5, 0.6) is 0 Å². The van der Waals surface area contributed by atoms with E-state index < -0.39 is 0 Å². The Kier molecular flexibility index (Phi) is 4.40. The lowest BCUT2D eigenvalue weighted by molar-refractivity contribution is -0.126. The third-order valence-electron chi connectivity index (χ3n) is 3.58. The van der Waals surface area contributed by atoms with Gasteiger partial charge in [0.15, 0.2) is 0 Å². The van der Waals surface area contributed by atoms with Gasteiger partial charge in [0.1, 0.15) is 0 Å². The lowest BCUT2D eigenvalue weighted by Crippen LogP contribution is -2.36. The summed E-state index contributed by atoms with van der Waals surface area (Å²) in [5.74, 6) is 0.655. The van der Waals surface area contributed by atoms with E-state index in [-0.39, 0.29) is 17.9 Å². The Labute approximate surface area is 116 Å². The zero-order valence-corrected chi connectivity index (χ0v) is 12.3. The molecule has 1 saturated heterocycles. The van der Waals surface area contributed by atoms with Crippen LogP contribution in [0.2, 0.25) is 0 Å². The second kappa shape index (κ2) is 5.85. The van der Waals surface area contributed by atoms with Gasteiger partial charge >= 0.3 is 0 Å². The van der Waals surface area contributed by atoms with Crippen molar-refractivity contribution in [1.82, 2.24) is 10.6 Å². The number of nitrogens with one attached hydrogen (secondary N) is 2. The smallest absolute Gasteiger partial charge is 0.225 e. The lowest BCUT2D eigenvalue weighted by atomic mass is 9.96. The van der Waals surface area contributed by atoms with Gasteiger partial charge in [0.2, 0.25) is 5.91 Å². The Bertz CT molecular complexity index is 436. The monoisotopic (exact) mass is 310 g/mol. The standard InChI is InChI=1S/C14H19BrN2O/c1-9-7-16-8-12(9)14(18)17-10(2)11-5-3-4-6-13(11)15/h3-6,9-10,12,16H,7-8H2,1-2H3,(H,17,18)/t9-,10-,12-/m1/s1. The number of carbonyl (C=O) groups is 1. The summed E-state index contributed by atoms with van der Waals surface area (Å²) in [5, 5.41) is 6.36. The molecule has 3 nitrogen and oxygen atoms in total. The first-order chi connectivity index (χ1) is 8.59. The average Bonchev–Trinajstić information content (AvgIpc) is 2.76. The fraction of sp³-hybridized carbons (Fsp3) is 0.500. The van der Waals surface area contributed by atoms with Crippen molar-refractivity contribution in [3.8, 4) is 0 Å². The summed E-state index contributed by atoms with van der Waals surface area (Å²) in [6.07, 6.45) is 0. The van der Waals surface area contributed by atoms with E-state index in [4.69, 9.17) is 0 Å². The van der Waals surface area contributed by atoms with Gasteiger partial charge in [-0.1, -0.05) is 41.1 Å². The predicted octanol–water partition coefficient (Wildman–Crippen LogP) is 2.48. The zero-order chi connectivity index (χ0) is 13.1. The molecule has 0 radical (unpaired) electrons. The number of hydrogen-bond acceptors (Lipinski definition) is 2.